The van der Waals surface area contributed by atoms with Crippen LogP contribution in [0.15, 0.2) is 11.6 Å². The first-order valence-electron chi connectivity index (χ1n) is 4.62. The summed E-state index contributed by atoms with van der Waals surface area (Å²) in [5, 5.41) is 0. The Balaban J connectivity index is 2.16. The average Bonchev–Trinajstić information content (AvgIpc) is 2.62. The van der Waals surface area contributed by atoms with Crippen molar-refractivity contribution >= 4 is 5.91 Å². The van der Waals surface area contributed by atoms with Crippen molar-refractivity contribution in [2.24, 2.45) is 11.8 Å². The Morgan fingerprint density at radius 2 is 2.25 bits per heavy atom. The van der Waals surface area contributed by atoms with Gasteiger partial charge in [0.15, 0.2) is 0 Å². The van der Waals surface area contributed by atoms with E-state index in [1.54, 1.807) is 4.90 Å². The van der Waals surface area contributed by atoms with E-state index in [1.807, 2.05) is 14.1 Å². The highest BCUT2D eigenvalue weighted by atomic mass is 16.2. The molecule has 2 aliphatic rings. The van der Waals surface area contributed by atoms with Gasteiger partial charge in [-0.25, -0.2) is 0 Å². The van der Waals surface area contributed by atoms with Gasteiger partial charge in [0, 0.05) is 19.7 Å². The van der Waals surface area contributed by atoms with Gasteiger partial charge in [0.25, 0.3) is 0 Å². The molecule has 1 saturated carbocycles. The number of nitrogens with zero attached hydrogens (tertiary/aromatic N) is 1. The highest BCUT2D eigenvalue weighted by Gasteiger charge is 2.36. The SMILES string of the molecule is CN(C)C(=O)C1=CC2CCC1C2. The molecule has 0 N–H and O–H groups in total. The minimum Gasteiger partial charge on any atom is -0.345 e. The molecule has 1 fully saturated rings. The molecular formula is C10H15NO. The van der Waals surface area contributed by atoms with Crippen molar-refractivity contribution in [3.05, 3.63) is 11.6 Å². The summed E-state index contributed by atoms with van der Waals surface area (Å²) >= 11 is 0. The molecule has 0 aromatic carbocycles. The van der Waals surface area contributed by atoms with Crippen LogP contribution in [0, 0.1) is 11.8 Å². The summed E-state index contributed by atoms with van der Waals surface area (Å²) < 4.78 is 0. The summed E-state index contributed by atoms with van der Waals surface area (Å²) in [7, 11) is 3.66. The first-order valence-corrected chi connectivity index (χ1v) is 4.62. The van der Waals surface area contributed by atoms with Crippen LogP contribution < -0.4 is 0 Å². The monoisotopic (exact) mass is 165 g/mol. The second-order valence-electron chi connectivity index (χ2n) is 4.09. The molecule has 2 unspecified atom stereocenters. The van der Waals surface area contributed by atoms with Gasteiger partial charge in [-0.1, -0.05) is 6.08 Å². The number of fused-ring (bicyclic) bond motifs is 2. The molecule has 2 aliphatic carbocycles. The van der Waals surface area contributed by atoms with Crippen molar-refractivity contribution in [1.29, 1.82) is 0 Å². The molecule has 0 spiro atoms. The van der Waals surface area contributed by atoms with Crippen LogP contribution in [0.5, 0.6) is 0 Å². The van der Waals surface area contributed by atoms with Gasteiger partial charge < -0.3 is 4.90 Å². The van der Waals surface area contributed by atoms with E-state index in [2.05, 4.69) is 6.08 Å². The number of carbonyl (C=O) groups is 1. The van der Waals surface area contributed by atoms with Crippen molar-refractivity contribution in [3.8, 4) is 0 Å². The zero-order valence-electron chi connectivity index (χ0n) is 7.71. The minimum atomic E-state index is 0.224. The average molecular weight is 165 g/mol. The largest absolute Gasteiger partial charge is 0.345 e. The minimum absolute atomic E-state index is 0.224. The van der Waals surface area contributed by atoms with Crippen molar-refractivity contribution in [3.63, 3.8) is 0 Å². The maximum absolute atomic E-state index is 11.6. The third-order valence-corrected chi connectivity index (χ3v) is 2.98. The molecule has 2 atom stereocenters. The van der Waals surface area contributed by atoms with E-state index < -0.39 is 0 Å². The molecule has 2 rings (SSSR count). The number of amides is 1. The molecular weight excluding hydrogens is 150 g/mol. The molecule has 0 aromatic heterocycles. The van der Waals surface area contributed by atoms with Crippen molar-refractivity contribution in [1.82, 2.24) is 4.90 Å². The van der Waals surface area contributed by atoms with Gasteiger partial charge in [-0.3, -0.25) is 4.79 Å². The molecule has 66 valence electrons. The fraction of sp³-hybridized carbons (Fsp3) is 0.700. The third-order valence-electron chi connectivity index (χ3n) is 2.98. The Bertz CT molecular complexity index is 242. The lowest BCUT2D eigenvalue weighted by Gasteiger charge is -2.16. The fourth-order valence-electron chi connectivity index (χ4n) is 2.34. The van der Waals surface area contributed by atoms with Gasteiger partial charge in [0.05, 0.1) is 0 Å². The summed E-state index contributed by atoms with van der Waals surface area (Å²) in [4.78, 5) is 13.3. The lowest BCUT2D eigenvalue weighted by molar-refractivity contribution is -0.125. The Kier molecular flexibility index (Phi) is 1.71. The van der Waals surface area contributed by atoms with E-state index in [-0.39, 0.29) is 5.91 Å². The number of hydrogen-bond acceptors (Lipinski definition) is 1. The van der Waals surface area contributed by atoms with E-state index in [0.717, 1.165) is 5.57 Å². The van der Waals surface area contributed by atoms with Crippen molar-refractivity contribution in [2.75, 3.05) is 14.1 Å². The highest BCUT2D eigenvalue weighted by molar-refractivity contribution is 5.94. The zero-order valence-corrected chi connectivity index (χ0v) is 7.71. The van der Waals surface area contributed by atoms with E-state index >= 15 is 0 Å². The fourth-order valence-corrected chi connectivity index (χ4v) is 2.34. The molecule has 12 heavy (non-hydrogen) atoms. The summed E-state index contributed by atoms with van der Waals surface area (Å²) in [6.45, 7) is 0. The van der Waals surface area contributed by atoms with E-state index in [0.29, 0.717) is 11.8 Å². The first kappa shape index (κ1) is 7.84. The Morgan fingerprint density at radius 1 is 1.50 bits per heavy atom. The number of carbonyl (C=O) groups excluding carboxylic acids is 1. The molecule has 2 heteroatoms. The van der Waals surface area contributed by atoms with Crippen LogP contribution in [0.25, 0.3) is 0 Å². The Hall–Kier alpha value is -0.790. The number of allylic oxidation sites excluding steroid dienone is 1. The third kappa shape index (κ3) is 1.06. The number of likely N-dealkylation sites (N-methyl/N-ethyl adjacent to an activating group) is 1. The summed E-state index contributed by atoms with van der Waals surface area (Å²) in [5.41, 5.74) is 1.08. The van der Waals surface area contributed by atoms with Crippen LogP contribution >= 0.6 is 0 Å². The van der Waals surface area contributed by atoms with Crippen LogP contribution in [-0.4, -0.2) is 24.9 Å². The molecule has 0 aromatic rings. The Labute approximate surface area is 73.2 Å². The zero-order chi connectivity index (χ0) is 8.72. The van der Waals surface area contributed by atoms with Gasteiger partial charge >= 0.3 is 0 Å². The van der Waals surface area contributed by atoms with Gasteiger partial charge in [0.2, 0.25) is 5.91 Å². The number of rotatable bonds is 1. The molecule has 1 amide bonds. The van der Waals surface area contributed by atoms with Gasteiger partial charge in [-0.2, -0.15) is 0 Å². The van der Waals surface area contributed by atoms with Crippen LogP contribution in [0.1, 0.15) is 19.3 Å². The lowest BCUT2D eigenvalue weighted by atomic mass is 9.98. The second kappa shape index (κ2) is 2.61. The number of hydrogen-bond donors (Lipinski definition) is 0. The molecule has 0 aliphatic heterocycles. The molecule has 0 heterocycles. The van der Waals surface area contributed by atoms with Crippen LogP contribution in [0.3, 0.4) is 0 Å². The van der Waals surface area contributed by atoms with Crippen LogP contribution in [-0.2, 0) is 4.79 Å². The van der Waals surface area contributed by atoms with E-state index in [4.69, 9.17) is 0 Å². The summed E-state index contributed by atoms with van der Waals surface area (Å²) in [6.07, 6.45) is 5.95. The molecule has 0 radical (unpaired) electrons. The molecule has 2 nitrogen and oxygen atoms in total. The van der Waals surface area contributed by atoms with Gasteiger partial charge in [0.1, 0.15) is 0 Å². The predicted molar refractivity (Wildman–Crippen MR) is 47.6 cm³/mol. The predicted octanol–water partition coefficient (Wildman–Crippen LogP) is 1.43. The lowest BCUT2D eigenvalue weighted by Crippen LogP contribution is -2.25. The van der Waals surface area contributed by atoms with E-state index in [1.165, 1.54) is 19.3 Å². The van der Waals surface area contributed by atoms with E-state index in [9.17, 15) is 4.79 Å². The topological polar surface area (TPSA) is 20.3 Å². The smallest absolute Gasteiger partial charge is 0.249 e. The maximum Gasteiger partial charge on any atom is 0.249 e. The van der Waals surface area contributed by atoms with Gasteiger partial charge in [-0.15, -0.1) is 0 Å². The highest BCUT2D eigenvalue weighted by Crippen LogP contribution is 2.43. The van der Waals surface area contributed by atoms with Crippen molar-refractivity contribution < 1.29 is 4.79 Å². The second-order valence-corrected chi connectivity index (χ2v) is 4.09. The molecule has 0 saturated heterocycles. The van der Waals surface area contributed by atoms with Crippen LogP contribution in [0.2, 0.25) is 0 Å². The first-order chi connectivity index (χ1) is 5.68. The van der Waals surface area contributed by atoms with Gasteiger partial charge in [-0.05, 0) is 31.1 Å². The summed E-state index contributed by atoms with van der Waals surface area (Å²) in [6, 6.07) is 0. The van der Waals surface area contributed by atoms with Crippen molar-refractivity contribution in [2.45, 2.75) is 19.3 Å². The summed E-state index contributed by atoms with van der Waals surface area (Å²) in [5.74, 6) is 1.53. The quantitative estimate of drug-likeness (QED) is 0.575. The Morgan fingerprint density at radius 3 is 2.67 bits per heavy atom. The maximum atomic E-state index is 11.6. The normalized spacial score (nSPS) is 32.0. The van der Waals surface area contributed by atoms with Crippen LogP contribution in [0.4, 0.5) is 0 Å². The standard InChI is InChI=1S/C10H15NO/c1-11(2)10(12)9-6-7-3-4-8(9)5-7/h6-8H,3-5H2,1-2H3. The molecule has 2 bridgehead atoms.